The number of nitrogens with one attached hydrogen (secondary N) is 1. The first kappa shape index (κ1) is 21.9. The first-order valence-corrected chi connectivity index (χ1v) is 8.62. The number of Topliss-reactive ketones (excluding diaryl/α,β-unsaturated/α-hetero) is 1. The lowest BCUT2D eigenvalue weighted by atomic mass is 10.1. The van der Waals surface area contributed by atoms with Crippen LogP contribution in [0.5, 0.6) is 5.75 Å². The average Bonchev–Trinajstić information content (AvgIpc) is 2.66. The molecule has 154 valence electrons. The number of nitrogens with zero attached hydrogens (tertiary/aromatic N) is 1. The summed E-state index contributed by atoms with van der Waals surface area (Å²) in [6.07, 6.45) is -4.81. The van der Waals surface area contributed by atoms with Gasteiger partial charge in [-0.3, -0.25) is 14.4 Å². The molecule has 0 radical (unpaired) electrons. The molecule has 1 N–H and O–H groups in total. The fraction of sp³-hybridized carbons (Fsp3) is 0.250. The number of likely N-dealkylation sites (N-methyl/N-ethyl adjacent to an activating group) is 1. The molecule has 0 heterocycles. The van der Waals surface area contributed by atoms with E-state index in [0.717, 1.165) is 12.1 Å². The Morgan fingerprint density at radius 2 is 1.59 bits per heavy atom. The SMILES string of the molecule is CN(CC(=O)Nc1ccc(OC(F)(F)F)cc1)C(=O)CCC(=O)c1ccccc1. The van der Waals surface area contributed by atoms with Crippen molar-refractivity contribution in [3.8, 4) is 5.75 Å². The van der Waals surface area contributed by atoms with E-state index < -0.39 is 18.0 Å². The molecule has 6 nitrogen and oxygen atoms in total. The minimum absolute atomic E-state index is 0.0233. The van der Waals surface area contributed by atoms with Gasteiger partial charge in [0.1, 0.15) is 5.75 Å². The van der Waals surface area contributed by atoms with Crippen LogP contribution >= 0.6 is 0 Å². The molecule has 2 amide bonds. The lowest BCUT2D eigenvalue weighted by molar-refractivity contribution is -0.274. The lowest BCUT2D eigenvalue weighted by Crippen LogP contribution is -2.35. The summed E-state index contributed by atoms with van der Waals surface area (Å²) >= 11 is 0. The second-order valence-electron chi connectivity index (χ2n) is 6.16. The van der Waals surface area contributed by atoms with Crippen molar-refractivity contribution in [3.63, 3.8) is 0 Å². The van der Waals surface area contributed by atoms with Gasteiger partial charge in [-0.1, -0.05) is 30.3 Å². The van der Waals surface area contributed by atoms with E-state index in [0.29, 0.717) is 5.56 Å². The van der Waals surface area contributed by atoms with Crippen molar-refractivity contribution in [1.29, 1.82) is 0 Å². The highest BCUT2D eigenvalue weighted by atomic mass is 19.4. The number of carbonyl (C=O) groups is 3. The summed E-state index contributed by atoms with van der Waals surface area (Å²) in [7, 11) is 1.43. The molecule has 0 aliphatic heterocycles. The molecule has 0 spiro atoms. The summed E-state index contributed by atoms with van der Waals surface area (Å²) < 4.78 is 40.1. The minimum atomic E-state index is -4.80. The predicted octanol–water partition coefficient (Wildman–Crippen LogP) is 3.65. The van der Waals surface area contributed by atoms with Gasteiger partial charge in [0.25, 0.3) is 0 Å². The molecule has 2 aromatic rings. The summed E-state index contributed by atoms with van der Waals surface area (Å²) in [5.74, 6) is -1.48. The monoisotopic (exact) mass is 408 g/mol. The Kier molecular flexibility index (Phi) is 7.35. The first-order valence-electron chi connectivity index (χ1n) is 8.62. The normalized spacial score (nSPS) is 10.9. The average molecular weight is 408 g/mol. The maximum atomic E-state index is 12.1. The minimum Gasteiger partial charge on any atom is -0.406 e. The summed E-state index contributed by atoms with van der Waals surface area (Å²) in [5, 5.41) is 2.47. The van der Waals surface area contributed by atoms with E-state index in [9.17, 15) is 27.6 Å². The molecule has 0 atom stereocenters. The maximum absolute atomic E-state index is 12.1. The Morgan fingerprint density at radius 1 is 0.966 bits per heavy atom. The Hall–Kier alpha value is -3.36. The standard InChI is InChI=1S/C20H19F3N2O4/c1-25(19(28)12-11-17(26)14-5-3-2-4-6-14)13-18(27)24-15-7-9-16(10-8-15)29-20(21,22)23/h2-10H,11-13H2,1H3,(H,24,27). The van der Waals surface area contributed by atoms with Gasteiger partial charge in [0.2, 0.25) is 11.8 Å². The fourth-order valence-electron chi connectivity index (χ4n) is 2.42. The second kappa shape index (κ2) is 9.72. The number of alkyl halides is 3. The second-order valence-corrected chi connectivity index (χ2v) is 6.16. The van der Waals surface area contributed by atoms with Gasteiger partial charge in [-0.2, -0.15) is 0 Å². The molecule has 0 aliphatic carbocycles. The third-order valence-electron chi connectivity index (χ3n) is 3.84. The first-order chi connectivity index (χ1) is 13.6. The number of rotatable bonds is 8. The highest BCUT2D eigenvalue weighted by molar-refractivity contribution is 5.98. The molecule has 2 aromatic carbocycles. The molecule has 0 saturated heterocycles. The van der Waals surface area contributed by atoms with E-state index in [1.54, 1.807) is 30.3 Å². The van der Waals surface area contributed by atoms with Crippen LogP contribution in [0.15, 0.2) is 54.6 Å². The van der Waals surface area contributed by atoms with Gasteiger partial charge in [0, 0.05) is 31.1 Å². The van der Waals surface area contributed by atoms with Crippen molar-refractivity contribution in [2.24, 2.45) is 0 Å². The molecule has 0 saturated carbocycles. The number of benzene rings is 2. The van der Waals surface area contributed by atoms with Gasteiger partial charge in [-0.15, -0.1) is 13.2 Å². The Balaban J connectivity index is 1.79. The van der Waals surface area contributed by atoms with Gasteiger partial charge < -0.3 is 15.0 Å². The van der Waals surface area contributed by atoms with Crippen molar-refractivity contribution in [3.05, 3.63) is 60.2 Å². The van der Waals surface area contributed by atoms with Crippen LogP contribution in [0.3, 0.4) is 0 Å². The van der Waals surface area contributed by atoms with E-state index in [-0.39, 0.29) is 36.8 Å². The van der Waals surface area contributed by atoms with Gasteiger partial charge in [0.15, 0.2) is 5.78 Å². The molecule has 9 heteroatoms. The highest BCUT2D eigenvalue weighted by Crippen LogP contribution is 2.23. The molecular formula is C20H19F3N2O4. The molecule has 0 fully saturated rings. The van der Waals surface area contributed by atoms with Gasteiger partial charge in [-0.05, 0) is 24.3 Å². The molecular weight excluding hydrogens is 389 g/mol. The van der Waals surface area contributed by atoms with E-state index in [1.165, 1.54) is 24.1 Å². The summed E-state index contributed by atoms with van der Waals surface area (Å²) in [6.45, 7) is -0.265. The molecule has 0 aromatic heterocycles. The van der Waals surface area contributed by atoms with Crippen molar-refractivity contribution in [1.82, 2.24) is 4.90 Å². The molecule has 0 bridgehead atoms. The van der Waals surface area contributed by atoms with Crippen LogP contribution in [0.1, 0.15) is 23.2 Å². The van der Waals surface area contributed by atoms with Crippen LogP contribution in [-0.4, -0.2) is 42.5 Å². The highest BCUT2D eigenvalue weighted by Gasteiger charge is 2.31. The van der Waals surface area contributed by atoms with E-state index in [1.807, 2.05) is 0 Å². The van der Waals surface area contributed by atoms with Crippen LogP contribution in [0.25, 0.3) is 0 Å². The number of amides is 2. The number of ketones is 1. The van der Waals surface area contributed by atoms with Crippen molar-refractivity contribution >= 4 is 23.3 Å². The quantitative estimate of drug-likeness (QED) is 0.677. The summed E-state index contributed by atoms with van der Waals surface area (Å²) in [6, 6.07) is 13.2. The zero-order valence-corrected chi connectivity index (χ0v) is 15.5. The Morgan fingerprint density at radius 3 is 2.17 bits per heavy atom. The molecule has 2 rings (SSSR count). The van der Waals surface area contributed by atoms with Gasteiger partial charge in [0.05, 0.1) is 6.54 Å². The molecule has 0 aliphatic rings. The van der Waals surface area contributed by atoms with Gasteiger partial charge >= 0.3 is 6.36 Å². The van der Waals surface area contributed by atoms with Crippen LogP contribution in [0.2, 0.25) is 0 Å². The lowest BCUT2D eigenvalue weighted by Gasteiger charge is -2.17. The van der Waals surface area contributed by atoms with Crippen LogP contribution in [0.4, 0.5) is 18.9 Å². The zero-order valence-electron chi connectivity index (χ0n) is 15.5. The van der Waals surface area contributed by atoms with Crippen molar-refractivity contribution in [2.75, 3.05) is 18.9 Å². The number of carbonyl (C=O) groups excluding carboxylic acids is 3. The van der Waals surface area contributed by atoms with E-state index in [4.69, 9.17) is 0 Å². The number of hydrogen-bond acceptors (Lipinski definition) is 4. The van der Waals surface area contributed by atoms with E-state index in [2.05, 4.69) is 10.1 Å². The number of halogens is 3. The summed E-state index contributed by atoms with van der Waals surface area (Å²) in [4.78, 5) is 37.3. The van der Waals surface area contributed by atoms with Crippen LogP contribution in [-0.2, 0) is 9.59 Å². The molecule has 0 unspecified atom stereocenters. The maximum Gasteiger partial charge on any atom is 0.573 e. The third-order valence-corrected chi connectivity index (χ3v) is 3.84. The van der Waals surface area contributed by atoms with Crippen LogP contribution in [0, 0.1) is 0 Å². The Bertz CT molecular complexity index is 852. The van der Waals surface area contributed by atoms with E-state index >= 15 is 0 Å². The number of anilines is 1. The van der Waals surface area contributed by atoms with Crippen LogP contribution < -0.4 is 10.1 Å². The Labute approximate surface area is 165 Å². The largest absolute Gasteiger partial charge is 0.573 e. The van der Waals surface area contributed by atoms with Crippen molar-refractivity contribution in [2.45, 2.75) is 19.2 Å². The third kappa shape index (κ3) is 7.65. The van der Waals surface area contributed by atoms with Gasteiger partial charge in [-0.25, -0.2) is 0 Å². The topological polar surface area (TPSA) is 75.7 Å². The smallest absolute Gasteiger partial charge is 0.406 e. The van der Waals surface area contributed by atoms with Crippen molar-refractivity contribution < 1.29 is 32.3 Å². The molecule has 29 heavy (non-hydrogen) atoms. The number of ether oxygens (including phenoxy) is 1. The summed E-state index contributed by atoms with van der Waals surface area (Å²) in [5.41, 5.74) is 0.767. The predicted molar refractivity (Wildman–Crippen MR) is 99.4 cm³/mol. The number of hydrogen-bond donors (Lipinski definition) is 1. The fourth-order valence-corrected chi connectivity index (χ4v) is 2.42. The zero-order chi connectivity index (χ0) is 21.4.